The van der Waals surface area contributed by atoms with Crippen molar-refractivity contribution in [3.8, 4) is 0 Å². The van der Waals surface area contributed by atoms with Crippen LogP contribution in [0.25, 0.3) is 0 Å². The van der Waals surface area contributed by atoms with E-state index in [1.54, 1.807) is 0 Å². The largest absolute Gasteiger partial charge is 1.00 e. The molecule has 0 aromatic rings. The first kappa shape index (κ1) is 24.5. The minimum absolute atomic E-state index is 0. The molecule has 0 N–H and O–H groups in total. The van der Waals surface area contributed by atoms with Crippen molar-refractivity contribution >= 4 is 0 Å². The third-order valence-electron chi connectivity index (χ3n) is 0. The Labute approximate surface area is 130 Å². The van der Waals surface area contributed by atoms with E-state index in [2.05, 4.69) is 0 Å². The molecule has 0 aromatic carbocycles. The van der Waals surface area contributed by atoms with Crippen LogP contribution in [0.3, 0.4) is 0 Å². The van der Waals surface area contributed by atoms with Crippen molar-refractivity contribution < 1.29 is 127 Å². The van der Waals surface area contributed by atoms with Crippen LogP contribution in [-0.2, 0) is 0 Å². The van der Waals surface area contributed by atoms with E-state index in [1.165, 1.54) is 0 Å². The minimum Gasteiger partial charge on any atom is -1.00 e. The molecule has 0 heterocycles. The maximum Gasteiger partial charge on any atom is 1.00 e. The van der Waals surface area contributed by atoms with Crippen LogP contribution in [0.4, 0.5) is 0 Å². The maximum atomic E-state index is 0. The van der Waals surface area contributed by atoms with Crippen LogP contribution >= 0.6 is 0 Å². The molecule has 0 saturated heterocycles. The van der Waals surface area contributed by atoms with Crippen LogP contribution in [0.15, 0.2) is 0 Å². The van der Waals surface area contributed by atoms with E-state index in [0.717, 1.165) is 0 Å². The second kappa shape index (κ2) is 15.7. The molecule has 0 saturated carbocycles. The fourth-order valence-corrected chi connectivity index (χ4v) is 0. The SMILES string of the molecule is [CH3-].[I-].[K+].[K+]. The third-order valence-corrected chi connectivity index (χ3v) is 0. The first-order valence-corrected chi connectivity index (χ1v) is 0. The summed E-state index contributed by atoms with van der Waals surface area (Å²) in [4.78, 5) is 0. The van der Waals surface area contributed by atoms with Gasteiger partial charge in [0.15, 0.2) is 0 Å². The zero-order valence-electron chi connectivity index (χ0n) is 3.38. The normalized spacial score (nSPS) is 0. The van der Waals surface area contributed by atoms with Gasteiger partial charge in [-0.1, -0.05) is 0 Å². The predicted molar refractivity (Wildman–Crippen MR) is 6.41 cm³/mol. The van der Waals surface area contributed by atoms with Crippen LogP contribution in [0, 0.1) is 7.43 Å². The molecule has 0 aliphatic rings. The summed E-state index contributed by atoms with van der Waals surface area (Å²) in [5.41, 5.74) is 0. The Morgan fingerprint density at radius 3 is 0.750 bits per heavy atom. The van der Waals surface area contributed by atoms with Crippen molar-refractivity contribution in [3.05, 3.63) is 7.43 Å². The molecule has 3 heteroatoms. The molecule has 0 rings (SSSR count). The standard InChI is InChI=1S/CH3.HI.2K/h1H3;1H;;/q-1;;2*+1/p-1. The van der Waals surface area contributed by atoms with E-state index < -0.39 is 0 Å². The van der Waals surface area contributed by atoms with Crippen molar-refractivity contribution in [3.63, 3.8) is 0 Å². The predicted octanol–water partition coefficient (Wildman–Crippen LogP) is -8.54. The monoisotopic (exact) mass is 220 g/mol. The third kappa shape index (κ3) is 9.38. The van der Waals surface area contributed by atoms with E-state index in [-0.39, 0.29) is 134 Å². The quantitative estimate of drug-likeness (QED) is 0.216. The van der Waals surface area contributed by atoms with E-state index in [1.807, 2.05) is 0 Å². The van der Waals surface area contributed by atoms with E-state index in [0.29, 0.717) is 0 Å². The van der Waals surface area contributed by atoms with Gasteiger partial charge in [-0.25, -0.2) is 0 Å². The van der Waals surface area contributed by atoms with Crippen molar-refractivity contribution in [2.45, 2.75) is 0 Å². The first-order chi connectivity index (χ1) is 0. The van der Waals surface area contributed by atoms with Gasteiger partial charge in [0.1, 0.15) is 0 Å². The zero-order chi connectivity index (χ0) is 0. The Morgan fingerprint density at radius 2 is 0.750 bits per heavy atom. The van der Waals surface area contributed by atoms with Crippen LogP contribution in [0.5, 0.6) is 0 Å². The molecule has 0 radical (unpaired) electrons. The second-order valence-corrected chi connectivity index (χ2v) is 0. The van der Waals surface area contributed by atoms with Gasteiger partial charge in [0.2, 0.25) is 0 Å². The fraction of sp³-hybridized carbons (Fsp3) is 0. The van der Waals surface area contributed by atoms with Crippen molar-refractivity contribution in [2.75, 3.05) is 0 Å². The summed E-state index contributed by atoms with van der Waals surface area (Å²) in [6.45, 7) is 0. The Bertz CT molecular complexity index is 6.00. The molecular formula is CH3IK2. The molecule has 0 amide bonds. The second-order valence-electron chi connectivity index (χ2n) is 0. The first-order valence-electron chi connectivity index (χ1n) is 0. The Balaban J connectivity index is 0. The van der Waals surface area contributed by atoms with Gasteiger partial charge in [0, 0.05) is 0 Å². The zero-order valence-corrected chi connectivity index (χ0v) is 11.8. The summed E-state index contributed by atoms with van der Waals surface area (Å²) in [5, 5.41) is 0. The Morgan fingerprint density at radius 1 is 0.750 bits per heavy atom. The Hall–Kier alpha value is 4.00. The fourth-order valence-electron chi connectivity index (χ4n) is 0. The van der Waals surface area contributed by atoms with Gasteiger partial charge in [0.25, 0.3) is 0 Å². The number of hydrogen-bond donors (Lipinski definition) is 0. The molecule has 0 aliphatic heterocycles. The summed E-state index contributed by atoms with van der Waals surface area (Å²) in [6, 6.07) is 0. The molecule has 16 valence electrons. The number of hydrogen-bond acceptors (Lipinski definition) is 0. The summed E-state index contributed by atoms with van der Waals surface area (Å²) in [5.74, 6) is 0. The molecule has 0 unspecified atom stereocenters. The van der Waals surface area contributed by atoms with E-state index in [4.69, 9.17) is 0 Å². The van der Waals surface area contributed by atoms with Gasteiger partial charge < -0.3 is 31.4 Å². The molecule has 0 nitrogen and oxygen atoms in total. The molecule has 0 bridgehead atoms. The molecule has 0 fully saturated rings. The van der Waals surface area contributed by atoms with Crippen molar-refractivity contribution in [2.24, 2.45) is 0 Å². The molecule has 4 heavy (non-hydrogen) atoms. The maximum absolute atomic E-state index is 0. The van der Waals surface area contributed by atoms with E-state index in [9.17, 15) is 0 Å². The van der Waals surface area contributed by atoms with Gasteiger partial charge in [0.05, 0.1) is 0 Å². The van der Waals surface area contributed by atoms with Crippen LogP contribution in [-0.4, -0.2) is 0 Å². The number of rotatable bonds is 0. The van der Waals surface area contributed by atoms with Gasteiger partial charge in [-0.15, -0.1) is 0 Å². The summed E-state index contributed by atoms with van der Waals surface area (Å²) < 4.78 is 0. The van der Waals surface area contributed by atoms with E-state index >= 15 is 0 Å². The molecule has 0 spiro atoms. The molecule has 0 atom stereocenters. The van der Waals surface area contributed by atoms with Crippen LogP contribution in [0.2, 0.25) is 0 Å². The summed E-state index contributed by atoms with van der Waals surface area (Å²) in [7, 11) is 0. The smallest absolute Gasteiger partial charge is 1.00 e. The van der Waals surface area contributed by atoms with Crippen molar-refractivity contribution in [1.29, 1.82) is 0 Å². The topological polar surface area (TPSA) is 0 Å². The van der Waals surface area contributed by atoms with Crippen LogP contribution in [0.1, 0.15) is 0 Å². The Kier molecular flexibility index (Phi) is 96.4. The minimum atomic E-state index is 0. The average molecular weight is 220 g/mol. The summed E-state index contributed by atoms with van der Waals surface area (Å²) in [6.07, 6.45) is 0. The molecular weight excluding hydrogens is 217 g/mol. The molecule has 0 aliphatic carbocycles. The van der Waals surface area contributed by atoms with Crippen molar-refractivity contribution in [1.82, 2.24) is 0 Å². The van der Waals surface area contributed by atoms with Gasteiger partial charge in [-0.3, -0.25) is 0 Å². The summed E-state index contributed by atoms with van der Waals surface area (Å²) >= 11 is 0. The van der Waals surface area contributed by atoms with Gasteiger partial charge in [-0.05, 0) is 0 Å². The number of halogens is 1. The van der Waals surface area contributed by atoms with Gasteiger partial charge >= 0.3 is 103 Å². The van der Waals surface area contributed by atoms with Crippen LogP contribution < -0.4 is 127 Å². The molecule has 0 aromatic heterocycles. The van der Waals surface area contributed by atoms with Gasteiger partial charge in [-0.2, -0.15) is 0 Å². The average Bonchev–Trinajstić information content (AvgIpc) is 0.